The number of nitrogens with zero attached hydrogens (tertiary/aromatic N) is 2. The number of likely N-dealkylation sites (N-methyl/N-ethyl adjacent to an activating group) is 1. The van der Waals surface area contributed by atoms with E-state index >= 15 is 0 Å². The fourth-order valence-electron chi connectivity index (χ4n) is 3.33. The van der Waals surface area contributed by atoms with Crippen LogP contribution in [0.4, 0.5) is 0 Å². The number of hydrogen-bond acceptors (Lipinski definition) is 6. The molecule has 25 heavy (non-hydrogen) atoms. The van der Waals surface area contributed by atoms with E-state index in [2.05, 4.69) is 4.90 Å². The van der Waals surface area contributed by atoms with Gasteiger partial charge >= 0.3 is 0 Å². The lowest BCUT2D eigenvalue weighted by atomic mass is 10.1. The molecule has 0 spiro atoms. The lowest BCUT2D eigenvalue weighted by molar-refractivity contribution is -0.119. The molecule has 2 atom stereocenters. The SMILES string of the molecule is CN1C[C@@H]2COC[C@H](C1)N(S(=O)(=O)c1ccc(OCC(N)=O)cc1)C2. The van der Waals surface area contributed by atoms with Crippen LogP contribution < -0.4 is 10.5 Å². The Morgan fingerprint density at radius 1 is 1.24 bits per heavy atom. The van der Waals surface area contributed by atoms with Crippen LogP contribution in [0, 0.1) is 5.92 Å². The summed E-state index contributed by atoms with van der Waals surface area (Å²) < 4.78 is 38.6. The van der Waals surface area contributed by atoms with Gasteiger partial charge in [0.2, 0.25) is 10.0 Å². The van der Waals surface area contributed by atoms with Gasteiger partial charge in [-0.15, -0.1) is 0 Å². The number of fused-ring (bicyclic) bond motifs is 3. The Kier molecular flexibility index (Phi) is 5.28. The predicted molar refractivity (Wildman–Crippen MR) is 90.6 cm³/mol. The molecule has 9 heteroatoms. The zero-order chi connectivity index (χ0) is 18.0. The van der Waals surface area contributed by atoms with Crippen molar-refractivity contribution in [1.82, 2.24) is 9.21 Å². The highest BCUT2D eigenvalue weighted by atomic mass is 32.2. The molecule has 3 rings (SSSR count). The maximum atomic E-state index is 13.1. The second-order valence-corrected chi connectivity index (χ2v) is 8.47. The second kappa shape index (κ2) is 7.28. The number of primary amides is 1. The molecule has 2 aliphatic heterocycles. The van der Waals surface area contributed by atoms with Crippen LogP contribution in [0.15, 0.2) is 29.2 Å². The van der Waals surface area contributed by atoms with Crippen LogP contribution in [0.5, 0.6) is 5.75 Å². The van der Waals surface area contributed by atoms with Crippen molar-refractivity contribution in [3.05, 3.63) is 24.3 Å². The molecule has 0 unspecified atom stereocenters. The summed E-state index contributed by atoms with van der Waals surface area (Å²) in [5.41, 5.74) is 5.03. The number of nitrogens with two attached hydrogens (primary N) is 1. The van der Waals surface area contributed by atoms with Crippen molar-refractivity contribution in [3.8, 4) is 5.75 Å². The van der Waals surface area contributed by atoms with Crippen molar-refractivity contribution in [2.45, 2.75) is 10.9 Å². The van der Waals surface area contributed by atoms with Gasteiger partial charge in [-0.1, -0.05) is 0 Å². The molecule has 0 aromatic heterocycles. The predicted octanol–water partition coefficient (Wildman–Crippen LogP) is -0.498. The van der Waals surface area contributed by atoms with Crippen molar-refractivity contribution < 1.29 is 22.7 Å². The molecule has 1 aromatic rings. The smallest absolute Gasteiger partial charge is 0.255 e. The van der Waals surface area contributed by atoms with E-state index in [-0.39, 0.29) is 23.5 Å². The van der Waals surface area contributed by atoms with Gasteiger partial charge in [0, 0.05) is 25.6 Å². The number of hydrogen-bond donors (Lipinski definition) is 1. The van der Waals surface area contributed by atoms with Gasteiger partial charge in [0.05, 0.1) is 24.2 Å². The van der Waals surface area contributed by atoms with E-state index in [0.717, 1.165) is 6.54 Å². The van der Waals surface area contributed by atoms with Gasteiger partial charge in [0.15, 0.2) is 6.61 Å². The fourth-order valence-corrected chi connectivity index (χ4v) is 5.01. The van der Waals surface area contributed by atoms with E-state index in [1.807, 2.05) is 7.05 Å². The first-order valence-electron chi connectivity index (χ1n) is 8.15. The molecular weight excluding hydrogens is 346 g/mol. The average Bonchev–Trinajstić information content (AvgIpc) is 2.84. The first kappa shape index (κ1) is 18.1. The van der Waals surface area contributed by atoms with Crippen molar-refractivity contribution >= 4 is 15.9 Å². The first-order valence-corrected chi connectivity index (χ1v) is 9.59. The fraction of sp³-hybridized carbons (Fsp3) is 0.562. The maximum Gasteiger partial charge on any atom is 0.255 e. The van der Waals surface area contributed by atoms with Gasteiger partial charge in [-0.3, -0.25) is 4.79 Å². The lowest BCUT2D eigenvalue weighted by Crippen LogP contribution is -2.45. The van der Waals surface area contributed by atoms with Crippen LogP contribution in [0.2, 0.25) is 0 Å². The highest BCUT2D eigenvalue weighted by Crippen LogP contribution is 2.27. The number of carbonyl (C=O) groups excluding carboxylic acids is 1. The molecule has 0 aliphatic carbocycles. The average molecular weight is 369 g/mol. The van der Waals surface area contributed by atoms with E-state index in [1.165, 1.54) is 24.3 Å². The van der Waals surface area contributed by atoms with E-state index in [0.29, 0.717) is 32.1 Å². The summed E-state index contributed by atoms with van der Waals surface area (Å²) in [6, 6.07) is 5.84. The summed E-state index contributed by atoms with van der Waals surface area (Å²) in [6.07, 6.45) is 0. The molecule has 8 nitrogen and oxygen atoms in total. The minimum Gasteiger partial charge on any atom is -0.484 e. The van der Waals surface area contributed by atoms with Gasteiger partial charge in [-0.25, -0.2) is 8.42 Å². The molecule has 2 fully saturated rings. The van der Waals surface area contributed by atoms with Crippen LogP contribution in [0.25, 0.3) is 0 Å². The minimum atomic E-state index is -3.63. The molecule has 2 N–H and O–H groups in total. The highest BCUT2D eigenvalue weighted by Gasteiger charge is 2.39. The Balaban J connectivity index is 1.81. The number of ether oxygens (including phenoxy) is 2. The van der Waals surface area contributed by atoms with E-state index in [9.17, 15) is 13.2 Å². The lowest BCUT2D eigenvalue weighted by Gasteiger charge is -2.29. The number of sulfonamides is 1. The van der Waals surface area contributed by atoms with Gasteiger partial charge in [-0.05, 0) is 31.3 Å². The Morgan fingerprint density at radius 2 is 1.96 bits per heavy atom. The number of carbonyl (C=O) groups is 1. The third-order valence-electron chi connectivity index (χ3n) is 4.41. The largest absolute Gasteiger partial charge is 0.484 e. The Bertz CT molecular complexity index is 722. The number of amides is 1. The first-order chi connectivity index (χ1) is 11.9. The Hall–Kier alpha value is -1.68. The summed E-state index contributed by atoms with van der Waals surface area (Å²) in [6.45, 7) is 2.66. The molecular formula is C16H23N3O5S. The normalized spacial score (nSPS) is 25.3. The van der Waals surface area contributed by atoms with Gasteiger partial charge in [0.1, 0.15) is 5.75 Å². The van der Waals surface area contributed by atoms with E-state index in [1.54, 1.807) is 4.31 Å². The van der Waals surface area contributed by atoms with Gasteiger partial charge in [-0.2, -0.15) is 4.31 Å². The van der Waals surface area contributed by atoms with Crippen molar-refractivity contribution in [2.24, 2.45) is 11.7 Å². The van der Waals surface area contributed by atoms with Crippen LogP contribution in [-0.2, 0) is 19.6 Å². The Morgan fingerprint density at radius 3 is 2.64 bits per heavy atom. The summed E-state index contributed by atoms with van der Waals surface area (Å²) in [7, 11) is -1.63. The van der Waals surface area contributed by atoms with E-state index < -0.39 is 15.9 Å². The molecule has 1 amide bonds. The maximum absolute atomic E-state index is 13.1. The van der Waals surface area contributed by atoms with Crippen molar-refractivity contribution in [1.29, 1.82) is 0 Å². The molecule has 138 valence electrons. The molecule has 2 saturated heterocycles. The molecule has 0 saturated carbocycles. The Labute approximate surface area is 147 Å². The summed E-state index contributed by atoms with van der Waals surface area (Å²) in [5.74, 6) is -0.0291. The van der Waals surface area contributed by atoms with E-state index in [4.69, 9.17) is 15.2 Å². The summed E-state index contributed by atoms with van der Waals surface area (Å²) in [5, 5.41) is 0. The summed E-state index contributed by atoms with van der Waals surface area (Å²) in [4.78, 5) is 13.1. The molecule has 2 aliphatic rings. The zero-order valence-electron chi connectivity index (χ0n) is 14.1. The van der Waals surface area contributed by atoms with Crippen LogP contribution in [0.1, 0.15) is 0 Å². The summed E-state index contributed by atoms with van der Waals surface area (Å²) >= 11 is 0. The molecule has 2 heterocycles. The quantitative estimate of drug-likeness (QED) is 0.751. The number of benzene rings is 1. The highest BCUT2D eigenvalue weighted by molar-refractivity contribution is 7.89. The monoisotopic (exact) mass is 369 g/mol. The zero-order valence-corrected chi connectivity index (χ0v) is 14.9. The molecule has 2 bridgehead atoms. The third kappa shape index (κ3) is 4.12. The number of rotatable bonds is 5. The standard InChI is InChI=1S/C16H23N3O5S/c1-18-6-12-7-19(13(8-18)10-23-9-12)25(21,22)15-4-2-14(3-5-15)24-11-16(17)20/h2-5,12-13H,6-11H2,1H3,(H2,17,20)/t12-,13-/m0/s1. The van der Waals surface area contributed by atoms with Crippen LogP contribution >= 0.6 is 0 Å². The van der Waals surface area contributed by atoms with Crippen molar-refractivity contribution in [3.63, 3.8) is 0 Å². The van der Waals surface area contributed by atoms with Gasteiger partial charge in [0.25, 0.3) is 5.91 Å². The minimum absolute atomic E-state index is 0.158. The molecule has 1 aromatic carbocycles. The van der Waals surface area contributed by atoms with Crippen molar-refractivity contribution in [2.75, 3.05) is 46.5 Å². The second-order valence-electron chi connectivity index (χ2n) is 6.58. The van der Waals surface area contributed by atoms with Crippen LogP contribution in [0.3, 0.4) is 0 Å². The van der Waals surface area contributed by atoms with Crippen LogP contribution in [-0.4, -0.2) is 76.1 Å². The molecule has 0 radical (unpaired) electrons. The van der Waals surface area contributed by atoms with Gasteiger partial charge < -0.3 is 20.1 Å². The third-order valence-corrected chi connectivity index (χ3v) is 6.35. The topological polar surface area (TPSA) is 102 Å².